The number of benzene rings is 1. The van der Waals surface area contributed by atoms with Crippen molar-refractivity contribution >= 4 is 29.1 Å². The Labute approximate surface area is 167 Å². The lowest BCUT2D eigenvalue weighted by molar-refractivity contribution is 0.269. The largest absolute Gasteiger partial charge is 0.394 e. The average molecular weight is 388 g/mol. The van der Waals surface area contributed by atoms with Crippen LogP contribution in [0.2, 0.25) is 0 Å². The third kappa shape index (κ3) is 3.96. The fraction of sp³-hybridized carbons (Fsp3) is 0.150. The number of aliphatic hydroxyl groups excluding tert-OH is 1. The molecule has 3 aromatic heterocycles. The topological polar surface area (TPSA) is 118 Å². The summed E-state index contributed by atoms with van der Waals surface area (Å²) in [6.45, 7) is 4.42. The van der Waals surface area contributed by atoms with Crippen molar-refractivity contribution in [1.29, 1.82) is 0 Å². The number of pyridine rings is 1. The van der Waals surface area contributed by atoms with Crippen LogP contribution in [0, 0.1) is 0 Å². The van der Waals surface area contributed by atoms with Crippen molar-refractivity contribution in [2.24, 2.45) is 10.8 Å². The maximum atomic E-state index is 9.05. The highest BCUT2D eigenvalue weighted by atomic mass is 16.3. The second kappa shape index (κ2) is 8.13. The number of aliphatic imine (C=N–C) groups is 1. The van der Waals surface area contributed by atoms with Crippen LogP contribution in [0.25, 0.3) is 22.3 Å². The van der Waals surface area contributed by atoms with Gasteiger partial charge in [0, 0.05) is 17.8 Å². The van der Waals surface area contributed by atoms with Crippen molar-refractivity contribution in [3.63, 3.8) is 0 Å². The van der Waals surface area contributed by atoms with Gasteiger partial charge in [-0.1, -0.05) is 12.1 Å². The van der Waals surface area contributed by atoms with Crippen LogP contribution in [-0.4, -0.2) is 43.2 Å². The Morgan fingerprint density at radius 1 is 1.21 bits per heavy atom. The van der Waals surface area contributed by atoms with Crippen molar-refractivity contribution in [3.8, 4) is 11.4 Å². The summed E-state index contributed by atoms with van der Waals surface area (Å²) >= 11 is 0. The molecule has 0 unspecified atom stereocenters. The van der Waals surface area contributed by atoms with Gasteiger partial charge in [0.2, 0.25) is 0 Å². The van der Waals surface area contributed by atoms with Crippen molar-refractivity contribution in [2.45, 2.75) is 13.1 Å². The van der Waals surface area contributed by atoms with E-state index in [1.54, 1.807) is 29.5 Å². The maximum Gasteiger partial charge on any atom is 0.172 e. The van der Waals surface area contributed by atoms with Crippen LogP contribution in [0.5, 0.6) is 0 Å². The molecule has 29 heavy (non-hydrogen) atoms. The van der Waals surface area contributed by atoms with Crippen LogP contribution in [-0.2, 0) is 13.1 Å². The molecule has 9 heteroatoms. The molecule has 0 radical (unpaired) electrons. The molecule has 3 N–H and O–H groups in total. The first-order valence-electron chi connectivity index (χ1n) is 9.01. The van der Waals surface area contributed by atoms with Gasteiger partial charge in [-0.05, 0) is 30.5 Å². The Balaban J connectivity index is 1.63. The maximum absolute atomic E-state index is 9.05. The van der Waals surface area contributed by atoms with Crippen LogP contribution in [0.4, 0.5) is 11.5 Å². The molecule has 0 saturated carbocycles. The van der Waals surface area contributed by atoms with Crippen LogP contribution < -0.4 is 10.9 Å². The predicted molar refractivity (Wildman–Crippen MR) is 112 cm³/mol. The SMILES string of the molecule is C=Nc1cnc(-c2cnn(CCO)c2)nc1N(N)Cc1ccc2ncccc2c1. The summed E-state index contributed by atoms with van der Waals surface area (Å²) in [6.07, 6.45) is 6.77. The molecule has 146 valence electrons. The molecule has 0 aliphatic heterocycles. The average Bonchev–Trinajstić information content (AvgIpc) is 3.22. The van der Waals surface area contributed by atoms with E-state index in [2.05, 4.69) is 31.8 Å². The number of hydrazine groups is 1. The van der Waals surface area contributed by atoms with Crippen molar-refractivity contribution in [2.75, 3.05) is 11.6 Å². The molecule has 0 saturated heterocycles. The zero-order chi connectivity index (χ0) is 20.2. The molecule has 3 heterocycles. The predicted octanol–water partition coefficient (Wildman–Crippen LogP) is 2.09. The Morgan fingerprint density at radius 3 is 2.93 bits per heavy atom. The summed E-state index contributed by atoms with van der Waals surface area (Å²) in [5.41, 5.74) is 3.15. The minimum atomic E-state index is 0.00437. The molecule has 4 aromatic rings. The fourth-order valence-electron chi connectivity index (χ4n) is 3.03. The molecule has 9 nitrogen and oxygen atoms in total. The number of hydrogen-bond donors (Lipinski definition) is 2. The number of aromatic nitrogens is 5. The number of hydrogen-bond acceptors (Lipinski definition) is 8. The van der Waals surface area contributed by atoms with Gasteiger partial charge in [0.1, 0.15) is 5.69 Å². The summed E-state index contributed by atoms with van der Waals surface area (Å²) in [5.74, 6) is 7.26. The van der Waals surface area contributed by atoms with E-state index in [9.17, 15) is 0 Å². The van der Waals surface area contributed by atoms with E-state index in [0.29, 0.717) is 30.4 Å². The van der Waals surface area contributed by atoms with Crippen molar-refractivity contribution < 1.29 is 5.11 Å². The normalized spacial score (nSPS) is 11.0. The van der Waals surface area contributed by atoms with Crippen LogP contribution in [0.3, 0.4) is 0 Å². The highest BCUT2D eigenvalue weighted by Crippen LogP contribution is 2.28. The van der Waals surface area contributed by atoms with Gasteiger partial charge in [-0.15, -0.1) is 0 Å². The quantitative estimate of drug-likeness (QED) is 0.283. The van der Waals surface area contributed by atoms with E-state index < -0.39 is 0 Å². The third-order valence-electron chi connectivity index (χ3n) is 4.43. The fourth-order valence-corrected chi connectivity index (χ4v) is 3.03. The zero-order valence-electron chi connectivity index (χ0n) is 15.7. The first-order chi connectivity index (χ1) is 14.2. The number of nitrogens with two attached hydrogens (primary N) is 1. The standard InChI is InChI=1S/C20H20N8O/c1-22-18-11-24-19(16-10-25-27(13-16)7-8-29)26-20(18)28(21)12-14-4-5-17-15(9-14)3-2-6-23-17/h2-6,9-11,13,29H,1,7-8,12,21H2. The third-order valence-corrected chi connectivity index (χ3v) is 4.43. The van der Waals surface area contributed by atoms with E-state index in [4.69, 9.17) is 10.9 Å². The highest BCUT2D eigenvalue weighted by Gasteiger charge is 2.14. The van der Waals surface area contributed by atoms with E-state index in [-0.39, 0.29) is 6.61 Å². The monoisotopic (exact) mass is 388 g/mol. The Morgan fingerprint density at radius 2 is 2.10 bits per heavy atom. The molecule has 0 fully saturated rings. The zero-order valence-corrected chi connectivity index (χ0v) is 15.7. The van der Waals surface area contributed by atoms with Gasteiger partial charge in [0.05, 0.1) is 43.2 Å². The summed E-state index contributed by atoms with van der Waals surface area (Å²) < 4.78 is 1.63. The molecule has 0 spiro atoms. The molecule has 0 atom stereocenters. The number of fused-ring (bicyclic) bond motifs is 1. The van der Waals surface area contributed by atoms with Gasteiger partial charge < -0.3 is 5.11 Å². The molecule has 0 aliphatic rings. The van der Waals surface area contributed by atoms with E-state index in [1.165, 1.54) is 5.01 Å². The molecule has 4 rings (SSSR count). The second-order valence-corrected chi connectivity index (χ2v) is 6.43. The lowest BCUT2D eigenvalue weighted by Gasteiger charge is -2.19. The summed E-state index contributed by atoms with van der Waals surface area (Å²) in [4.78, 5) is 17.2. The Hall–Kier alpha value is -3.69. The van der Waals surface area contributed by atoms with Crippen LogP contribution in [0.15, 0.2) is 60.1 Å². The lowest BCUT2D eigenvalue weighted by Crippen LogP contribution is -2.31. The number of aliphatic hydroxyl groups is 1. The molecular formula is C20H20N8O. The van der Waals surface area contributed by atoms with Gasteiger partial charge >= 0.3 is 0 Å². The molecule has 1 aromatic carbocycles. The van der Waals surface area contributed by atoms with E-state index >= 15 is 0 Å². The smallest absolute Gasteiger partial charge is 0.172 e. The number of anilines is 1. The molecule has 0 amide bonds. The van der Waals surface area contributed by atoms with Gasteiger partial charge in [-0.25, -0.2) is 15.8 Å². The Kier molecular flexibility index (Phi) is 5.23. The van der Waals surface area contributed by atoms with Crippen molar-refractivity contribution in [1.82, 2.24) is 24.7 Å². The van der Waals surface area contributed by atoms with E-state index in [1.807, 2.05) is 30.3 Å². The van der Waals surface area contributed by atoms with Gasteiger partial charge in [0.15, 0.2) is 11.6 Å². The summed E-state index contributed by atoms with van der Waals surface area (Å²) in [5, 5.41) is 15.8. The van der Waals surface area contributed by atoms with Crippen LogP contribution in [0.1, 0.15) is 5.56 Å². The van der Waals surface area contributed by atoms with Gasteiger partial charge in [-0.3, -0.25) is 19.7 Å². The summed E-state index contributed by atoms with van der Waals surface area (Å²) in [6, 6.07) is 9.91. The highest BCUT2D eigenvalue weighted by molar-refractivity contribution is 5.79. The molecule has 0 bridgehead atoms. The molecular weight excluding hydrogens is 368 g/mol. The minimum absolute atomic E-state index is 0.00437. The number of rotatable bonds is 7. The van der Waals surface area contributed by atoms with Gasteiger partial charge in [0.25, 0.3) is 0 Å². The Bertz CT molecular complexity index is 1160. The first-order valence-corrected chi connectivity index (χ1v) is 9.01. The van der Waals surface area contributed by atoms with E-state index in [0.717, 1.165) is 22.0 Å². The number of nitrogens with zero attached hydrogens (tertiary/aromatic N) is 7. The molecule has 0 aliphatic carbocycles. The van der Waals surface area contributed by atoms with Crippen LogP contribution >= 0.6 is 0 Å². The summed E-state index contributed by atoms with van der Waals surface area (Å²) in [7, 11) is 0. The van der Waals surface area contributed by atoms with Gasteiger partial charge in [-0.2, -0.15) is 5.10 Å². The minimum Gasteiger partial charge on any atom is -0.394 e. The lowest BCUT2D eigenvalue weighted by atomic mass is 10.1. The van der Waals surface area contributed by atoms with Crippen molar-refractivity contribution in [3.05, 3.63) is 60.7 Å². The first kappa shape index (κ1) is 18.7. The second-order valence-electron chi connectivity index (χ2n) is 6.43.